The number of non-ortho nitro benzene ring substituents is 1. The van der Waals surface area contributed by atoms with Gasteiger partial charge in [-0.1, -0.05) is 48.5 Å². The number of hydrogen-bond donors (Lipinski definition) is 2. The highest BCUT2D eigenvalue weighted by Crippen LogP contribution is 2.50. The summed E-state index contributed by atoms with van der Waals surface area (Å²) in [7, 11) is 0. The Morgan fingerprint density at radius 2 is 1.72 bits per heavy atom. The molecule has 11 nitrogen and oxygen atoms in total. The number of imide groups is 1. The van der Waals surface area contributed by atoms with E-state index in [1.807, 2.05) is 48.5 Å². The number of carbonyl (C=O) groups excluding carboxylic acids is 2. The lowest BCUT2D eigenvalue weighted by molar-refractivity contribution is -0.384. The number of fused-ring (bicyclic) bond motifs is 2. The van der Waals surface area contributed by atoms with Crippen LogP contribution in [0.4, 0.5) is 5.69 Å². The van der Waals surface area contributed by atoms with E-state index in [1.165, 1.54) is 12.1 Å². The van der Waals surface area contributed by atoms with Gasteiger partial charge in [0.1, 0.15) is 17.1 Å². The molecule has 2 amide bonds. The molecule has 7 rings (SSSR count). The second kappa shape index (κ2) is 11.4. The Hall–Kier alpha value is -5.68. The summed E-state index contributed by atoms with van der Waals surface area (Å²) in [5.41, 5.74) is 0.0832. The first-order valence-corrected chi connectivity index (χ1v) is 14.8. The summed E-state index contributed by atoms with van der Waals surface area (Å²) in [6.45, 7) is 0.0618. The zero-order valence-electron chi connectivity index (χ0n) is 24.4. The fraction of sp³-hybridized carbons (Fsp3) is 0.200. The molecule has 3 aromatic carbocycles. The number of aromatic nitrogens is 1. The quantitative estimate of drug-likeness (QED) is 0.133. The molecular formula is C35H28N4O7. The molecule has 4 atom stereocenters. The van der Waals surface area contributed by atoms with Crippen molar-refractivity contribution in [2.24, 2.45) is 11.8 Å². The summed E-state index contributed by atoms with van der Waals surface area (Å²) in [5.74, 6) is -3.83. The van der Waals surface area contributed by atoms with E-state index in [-0.39, 0.29) is 24.4 Å². The average Bonchev–Trinajstić information content (AvgIpc) is 3.75. The van der Waals surface area contributed by atoms with Gasteiger partial charge in [-0.3, -0.25) is 39.7 Å². The first-order chi connectivity index (χ1) is 22.2. The summed E-state index contributed by atoms with van der Waals surface area (Å²) < 4.78 is 6.17. The summed E-state index contributed by atoms with van der Waals surface area (Å²) in [6, 6.07) is 27.0. The van der Waals surface area contributed by atoms with Crippen molar-refractivity contribution in [2.45, 2.75) is 24.4 Å². The van der Waals surface area contributed by atoms with Crippen molar-refractivity contribution in [3.63, 3.8) is 0 Å². The van der Waals surface area contributed by atoms with Crippen LogP contribution in [0.1, 0.15) is 23.1 Å². The van der Waals surface area contributed by atoms with Crippen LogP contribution in [0.2, 0.25) is 0 Å². The summed E-state index contributed by atoms with van der Waals surface area (Å²) in [4.78, 5) is 57.6. The maximum absolute atomic E-state index is 14.1. The lowest BCUT2D eigenvalue weighted by Crippen LogP contribution is -2.57. The minimum Gasteiger partial charge on any atom is -0.480 e. The van der Waals surface area contributed by atoms with Gasteiger partial charge in [-0.25, -0.2) is 0 Å². The maximum atomic E-state index is 14.1. The molecule has 0 spiro atoms. The van der Waals surface area contributed by atoms with Crippen molar-refractivity contribution in [2.75, 3.05) is 6.54 Å². The lowest BCUT2D eigenvalue weighted by atomic mass is 9.76. The van der Waals surface area contributed by atoms with Crippen LogP contribution in [0.25, 0.3) is 22.1 Å². The molecule has 46 heavy (non-hydrogen) atoms. The number of benzene rings is 3. The van der Waals surface area contributed by atoms with Crippen LogP contribution in [0.5, 0.6) is 0 Å². The Morgan fingerprint density at radius 3 is 2.43 bits per heavy atom. The van der Waals surface area contributed by atoms with Crippen LogP contribution in [0.15, 0.2) is 108 Å². The SMILES string of the molecule is O=C1C2C(c3ccc(-c4ccc([N+](=O)[O-])cc4)o3)NC(Cc3ccc4ccccc4c3)(C(=O)O)C2C(=O)N1CCc1ccccn1. The molecule has 0 radical (unpaired) electrons. The van der Waals surface area contributed by atoms with Gasteiger partial charge in [-0.15, -0.1) is 0 Å². The van der Waals surface area contributed by atoms with Crippen LogP contribution in [-0.4, -0.2) is 49.8 Å². The molecule has 0 aliphatic carbocycles. The van der Waals surface area contributed by atoms with Crippen molar-refractivity contribution >= 4 is 34.2 Å². The topological polar surface area (TPSA) is 156 Å². The van der Waals surface area contributed by atoms with Gasteiger partial charge in [0, 0.05) is 49.0 Å². The number of nitro groups is 1. The lowest BCUT2D eigenvalue weighted by Gasteiger charge is -2.31. The van der Waals surface area contributed by atoms with E-state index >= 15 is 0 Å². The van der Waals surface area contributed by atoms with Crippen molar-refractivity contribution in [1.29, 1.82) is 0 Å². The van der Waals surface area contributed by atoms with Crippen molar-refractivity contribution < 1.29 is 28.8 Å². The first-order valence-electron chi connectivity index (χ1n) is 14.8. The normalized spacial score (nSPS) is 22.3. The Balaban J connectivity index is 1.27. The third-order valence-corrected chi connectivity index (χ3v) is 9.04. The number of carbonyl (C=O) groups is 3. The predicted octanol–water partition coefficient (Wildman–Crippen LogP) is 4.96. The molecule has 2 fully saturated rings. The number of nitrogens with zero attached hydrogens (tertiary/aromatic N) is 3. The predicted molar refractivity (Wildman–Crippen MR) is 166 cm³/mol. The van der Waals surface area contributed by atoms with Crippen LogP contribution >= 0.6 is 0 Å². The number of nitro benzene ring substituents is 1. The highest BCUT2D eigenvalue weighted by Gasteiger charge is 2.68. The number of furan rings is 1. The highest BCUT2D eigenvalue weighted by atomic mass is 16.6. The summed E-state index contributed by atoms with van der Waals surface area (Å²) in [6.07, 6.45) is 1.91. The number of hydrogen-bond acceptors (Lipinski definition) is 8. The second-order valence-electron chi connectivity index (χ2n) is 11.7. The highest BCUT2D eigenvalue weighted by molar-refractivity contribution is 6.09. The third kappa shape index (κ3) is 4.90. The molecule has 0 saturated carbocycles. The van der Waals surface area contributed by atoms with Crippen LogP contribution in [0.3, 0.4) is 0 Å². The molecule has 5 aromatic rings. The smallest absolute Gasteiger partial charge is 0.325 e. The van der Waals surface area contributed by atoms with Gasteiger partial charge in [-0.05, 0) is 52.7 Å². The van der Waals surface area contributed by atoms with Gasteiger partial charge < -0.3 is 9.52 Å². The molecule has 0 bridgehead atoms. The standard InChI is InChI=1S/C35H28N4O7/c40-32-29-30(33(41)38(32)18-16-25-7-3-4-17-36-25)35(34(42)43,20-21-8-9-22-5-1-2-6-24(22)19-21)37-31(29)28-15-14-27(46-28)23-10-12-26(13-11-23)39(44)45/h1-15,17,19,29-31,37H,16,18,20H2,(H,42,43). The Kier molecular flexibility index (Phi) is 7.17. The van der Waals surface area contributed by atoms with Crippen molar-refractivity contribution in [1.82, 2.24) is 15.2 Å². The van der Waals surface area contributed by atoms with E-state index in [4.69, 9.17) is 4.42 Å². The number of amides is 2. The van der Waals surface area contributed by atoms with E-state index in [0.717, 1.165) is 15.7 Å². The van der Waals surface area contributed by atoms with E-state index in [0.29, 0.717) is 29.0 Å². The number of carboxylic acid groups (broad SMARTS) is 1. The number of carboxylic acids is 1. The fourth-order valence-electron chi connectivity index (χ4n) is 6.83. The monoisotopic (exact) mass is 616 g/mol. The molecule has 2 aliphatic rings. The second-order valence-corrected chi connectivity index (χ2v) is 11.7. The largest absolute Gasteiger partial charge is 0.480 e. The van der Waals surface area contributed by atoms with Crippen LogP contribution in [-0.2, 0) is 27.2 Å². The van der Waals surface area contributed by atoms with Gasteiger partial charge in [0.25, 0.3) is 5.69 Å². The van der Waals surface area contributed by atoms with E-state index in [9.17, 15) is 29.6 Å². The number of nitrogens with one attached hydrogen (secondary N) is 1. The van der Waals surface area contributed by atoms with Gasteiger partial charge in [0.05, 0.1) is 22.8 Å². The fourth-order valence-corrected chi connectivity index (χ4v) is 6.83. The van der Waals surface area contributed by atoms with Gasteiger partial charge in [0.15, 0.2) is 0 Å². The Labute approximate surface area is 262 Å². The zero-order valence-corrected chi connectivity index (χ0v) is 24.4. The van der Waals surface area contributed by atoms with E-state index in [1.54, 1.807) is 42.6 Å². The van der Waals surface area contributed by atoms with Gasteiger partial charge in [-0.2, -0.15) is 0 Å². The minimum atomic E-state index is -1.81. The minimum absolute atomic E-state index is 0.0478. The molecule has 2 aromatic heterocycles. The number of aliphatic carboxylic acids is 1. The van der Waals surface area contributed by atoms with Gasteiger partial charge >= 0.3 is 5.97 Å². The number of likely N-dealkylation sites (tertiary alicyclic amines) is 1. The molecule has 4 unspecified atom stereocenters. The summed E-state index contributed by atoms with van der Waals surface area (Å²) >= 11 is 0. The van der Waals surface area contributed by atoms with Gasteiger partial charge in [0.2, 0.25) is 11.8 Å². The molecule has 11 heteroatoms. The molecule has 2 aliphatic heterocycles. The number of pyridine rings is 1. The maximum Gasteiger partial charge on any atom is 0.325 e. The molecule has 4 heterocycles. The average molecular weight is 617 g/mol. The van der Waals surface area contributed by atoms with E-state index in [2.05, 4.69) is 10.3 Å². The third-order valence-electron chi connectivity index (χ3n) is 9.04. The molecule has 230 valence electrons. The summed E-state index contributed by atoms with van der Waals surface area (Å²) in [5, 5.41) is 27.1. The molecular weight excluding hydrogens is 588 g/mol. The zero-order chi connectivity index (χ0) is 32.0. The Bertz CT molecular complexity index is 1990. The Morgan fingerprint density at radius 1 is 0.957 bits per heavy atom. The van der Waals surface area contributed by atoms with Crippen LogP contribution < -0.4 is 5.32 Å². The van der Waals surface area contributed by atoms with E-state index < -0.39 is 46.1 Å². The number of rotatable bonds is 9. The molecule has 2 saturated heterocycles. The first kappa shape index (κ1) is 29.1. The van der Waals surface area contributed by atoms with Crippen molar-refractivity contribution in [3.8, 4) is 11.3 Å². The van der Waals surface area contributed by atoms with Crippen LogP contribution in [0, 0.1) is 22.0 Å². The van der Waals surface area contributed by atoms with Crippen molar-refractivity contribution in [3.05, 3.63) is 130 Å². The molecule has 2 N–H and O–H groups in total.